The number of rotatable bonds is 1. The fourth-order valence-corrected chi connectivity index (χ4v) is 1.96. The standard InChI is InChI=1S/C12H16FN/c1-3-12(2)8-7-9-5-4-6-10(13)11(9)14-12/h4-6,14H,3,7-8H2,1-2H3. The molecule has 2 rings (SSSR count). The third-order valence-electron chi connectivity index (χ3n) is 3.25. The summed E-state index contributed by atoms with van der Waals surface area (Å²) in [5, 5.41) is 3.32. The van der Waals surface area contributed by atoms with E-state index in [1.54, 1.807) is 6.07 Å². The van der Waals surface area contributed by atoms with Gasteiger partial charge in [-0.2, -0.15) is 0 Å². The maximum atomic E-state index is 13.5. The Labute approximate surface area is 84.3 Å². The van der Waals surface area contributed by atoms with E-state index in [4.69, 9.17) is 0 Å². The van der Waals surface area contributed by atoms with Gasteiger partial charge in [0.2, 0.25) is 0 Å². The van der Waals surface area contributed by atoms with Gasteiger partial charge in [-0.05, 0) is 37.8 Å². The lowest BCUT2D eigenvalue weighted by Crippen LogP contribution is -2.38. The first kappa shape index (κ1) is 9.50. The lowest BCUT2D eigenvalue weighted by Gasteiger charge is -2.36. The lowest BCUT2D eigenvalue weighted by molar-refractivity contribution is 0.438. The molecule has 0 radical (unpaired) electrons. The second-order valence-corrected chi connectivity index (χ2v) is 4.31. The maximum absolute atomic E-state index is 13.5. The van der Waals surface area contributed by atoms with Gasteiger partial charge in [-0.15, -0.1) is 0 Å². The molecule has 1 aromatic carbocycles. The summed E-state index contributed by atoms with van der Waals surface area (Å²) in [6.45, 7) is 4.29. The van der Waals surface area contributed by atoms with Crippen molar-refractivity contribution in [3.05, 3.63) is 29.6 Å². The molecule has 0 saturated carbocycles. The van der Waals surface area contributed by atoms with Gasteiger partial charge in [0.25, 0.3) is 0 Å². The monoisotopic (exact) mass is 193 g/mol. The second kappa shape index (κ2) is 3.26. The maximum Gasteiger partial charge on any atom is 0.146 e. The molecule has 14 heavy (non-hydrogen) atoms. The summed E-state index contributed by atoms with van der Waals surface area (Å²) in [7, 11) is 0. The number of aryl methyl sites for hydroxylation is 1. The van der Waals surface area contributed by atoms with E-state index < -0.39 is 0 Å². The Hall–Kier alpha value is -1.05. The van der Waals surface area contributed by atoms with Crippen molar-refractivity contribution in [2.24, 2.45) is 0 Å². The van der Waals surface area contributed by atoms with Gasteiger partial charge in [-0.3, -0.25) is 0 Å². The van der Waals surface area contributed by atoms with Gasteiger partial charge < -0.3 is 5.32 Å². The third-order valence-corrected chi connectivity index (χ3v) is 3.25. The van der Waals surface area contributed by atoms with E-state index in [1.165, 1.54) is 6.07 Å². The van der Waals surface area contributed by atoms with Crippen LogP contribution in [0.1, 0.15) is 32.3 Å². The van der Waals surface area contributed by atoms with Crippen LogP contribution in [0.2, 0.25) is 0 Å². The molecule has 0 spiro atoms. The van der Waals surface area contributed by atoms with Crippen molar-refractivity contribution in [1.29, 1.82) is 0 Å². The van der Waals surface area contributed by atoms with Crippen molar-refractivity contribution in [3.63, 3.8) is 0 Å². The quantitative estimate of drug-likeness (QED) is 0.721. The van der Waals surface area contributed by atoms with Crippen LogP contribution in [0, 0.1) is 5.82 Å². The predicted octanol–water partition coefficient (Wildman–Crippen LogP) is 3.35. The normalized spacial score (nSPS) is 25.4. The van der Waals surface area contributed by atoms with Crippen LogP contribution >= 0.6 is 0 Å². The van der Waals surface area contributed by atoms with E-state index >= 15 is 0 Å². The molecular weight excluding hydrogens is 177 g/mol. The summed E-state index contributed by atoms with van der Waals surface area (Å²) in [5.74, 6) is -0.123. The number of fused-ring (bicyclic) bond motifs is 1. The van der Waals surface area contributed by atoms with Crippen molar-refractivity contribution in [1.82, 2.24) is 0 Å². The van der Waals surface area contributed by atoms with Gasteiger partial charge in [0, 0.05) is 5.54 Å². The zero-order chi connectivity index (χ0) is 10.2. The number of anilines is 1. The number of benzene rings is 1. The molecule has 1 aliphatic rings. The van der Waals surface area contributed by atoms with Gasteiger partial charge in [0.05, 0.1) is 5.69 Å². The van der Waals surface area contributed by atoms with Crippen molar-refractivity contribution in [2.75, 3.05) is 5.32 Å². The molecule has 1 aromatic rings. The summed E-state index contributed by atoms with van der Waals surface area (Å²) in [6, 6.07) is 5.30. The Morgan fingerprint density at radius 2 is 2.29 bits per heavy atom. The van der Waals surface area contributed by atoms with Crippen LogP contribution in [0.15, 0.2) is 18.2 Å². The summed E-state index contributed by atoms with van der Waals surface area (Å²) < 4.78 is 13.5. The van der Waals surface area contributed by atoms with Gasteiger partial charge >= 0.3 is 0 Å². The molecule has 0 amide bonds. The van der Waals surface area contributed by atoms with Gasteiger partial charge in [0.15, 0.2) is 0 Å². The molecule has 76 valence electrons. The Kier molecular flexibility index (Phi) is 2.22. The van der Waals surface area contributed by atoms with Crippen molar-refractivity contribution < 1.29 is 4.39 Å². The molecule has 1 N–H and O–H groups in total. The minimum atomic E-state index is -0.123. The first-order valence-corrected chi connectivity index (χ1v) is 5.20. The average molecular weight is 193 g/mol. The minimum Gasteiger partial charge on any atom is -0.377 e. The summed E-state index contributed by atoms with van der Waals surface area (Å²) >= 11 is 0. The highest BCUT2D eigenvalue weighted by Crippen LogP contribution is 2.33. The molecule has 1 heterocycles. The van der Waals surface area contributed by atoms with E-state index in [2.05, 4.69) is 19.2 Å². The van der Waals surface area contributed by atoms with Crippen molar-refractivity contribution >= 4 is 5.69 Å². The highest BCUT2D eigenvalue weighted by molar-refractivity contribution is 5.56. The molecule has 0 saturated heterocycles. The molecule has 0 aromatic heterocycles. The number of hydrogen-bond acceptors (Lipinski definition) is 1. The fraction of sp³-hybridized carbons (Fsp3) is 0.500. The van der Waals surface area contributed by atoms with Crippen LogP contribution in [0.3, 0.4) is 0 Å². The molecule has 0 bridgehead atoms. The molecule has 2 heteroatoms. The second-order valence-electron chi connectivity index (χ2n) is 4.31. The molecule has 1 aliphatic heterocycles. The molecular formula is C12H16FN. The van der Waals surface area contributed by atoms with Crippen molar-refractivity contribution in [2.45, 2.75) is 38.6 Å². The molecule has 1 atom stereocenters. The van der Waals surface area contributed by atoms with E-state index in [0.717, 1.165) is 24.8 Å². The first-order valence-electron chi connectivity index (χ1n) is 5.20. The number of para-hydroxylation sites is 1. The number of hydrogen-bond donors (Lipinski definition) is 1. The van der Waals surface area contributed by atoms with Gasteiger partial charge in [-0.25, -0.2) is 4.39 Å². The highest BCUT2D eigenvalue weighted by atomic mass is 19.1. The first-order chi connectivity index (χ1) is 6.64. The third kappa shape index (κ3) is 1.49. The Balaban J connectivity index is 2.38. The van der Waals surface area contributed by atoms with Gasteiger partial charge in [-0.1, -0.05) is 19.1 Å². The van der Waals surface area contributed by atoms with E-state index in [-0.39, 0.29) is 11.4 Å². The Bertz CT molecular complexity index is 348. The summed E-state index contributed by atoms with van der Waals surface area (Å²) in [5.41, 5.74) is 1.88. The van der Waals surface area contributed by atoms with Crippen LogP contribution < -0.4 is 5.32 Å². The zero-order valence-corrected chi connectivity index (χ0v) is 8.73. The summed E-state index contributed by atoms with van der Waals surface area (Å²) in [4.78, 5) is 0. The SMILES string of the molecule is CCC1(C)CCc2cccc(F)c2N1. The van der Waals surface area contributed by atoms with Crippen LogP contribution in [-0.2, 0) is 6.42 Å². The largest absolute Gasteiger partial charge is 0.377 e. The van der Waals surface area contributed by atoms with Crippen LogP contribution in [0.25, 0.3) is 0 Å². The van der Waals surface area contributed by atoms with E-state index in [1.807, 2.05) is 6.07 Å². The fourth-order valence-electron chi connectivity index (χ4n) is 1.96. The van der Waals surface area contributed by atoms with Crippen LogP contribution in [0.4, 0.5) is 10.1 Å². The highest BCUT2D eigenvalue weighted by Gasteiger charge is 2.28. The van der Waals surface area contributed by atoms with E-state index in [0.29, 0.717) is 5.69 Å². The molecule has 0 fully saturated rings. The Morgan fingerprint density at radius 3 is 3.00 bits per heavy atom. The lowest BCUT2D eigenvalue weighted by atomic mass is 9.86. The van der Waals surface area contributed by atoms with Crippen molar-refractivity contribution in [3.8, 4) is 0 Å². The number of halogens is 1. The molecule has 0 aliphatic carbocycles. The average Bonchev–Trinajstić information content (AvgIpc) is 2.20. The predicted molar refractivity (Wildman–Crippen MR) is 57.0 cm³/mol. The van der Waals surface area contributed by atoms with Crippen LogP contribution in [0.5, 0.6) is 0 Å². The topological polar surface area (TPSA) is 12.0 Å². The summed E-state index contributed by atoms with van der Waals surface area (Å²) in [6.07, 6.45) is 3.09. The molecule has 1 nitrogen and oxygen atoms in total. The van der Waals surface area contributed by atoms with E-state index in [9.17, 15) is 4.39 Å². The number of nitrogens with one attached hydrogen (secondary N) is 1. The van der Waals surface area contributed by atoms with Crippen LogP contribution in [-0.4, -0.2) is 5.54 Å². The van der Waals surface area contributed by atoms with Gasteiger partial charge in [0.1, 0.15) is 5.82 Å². The zero-order valence-electron chi connectivity index (χ0n) is 8.73. The Morgan fingerprint density at radius 1 is 1.50 bits per heavy atom. The molecule has 1 unspecified atom stereocenters. The minimum absolute atomic E-state index is 0.0647. The smallest absolute Gasteiger partial charge is 0.146 e.